The summed E-state index contributed by atoms with van der Waals surface area (Å²) >= 11 is 1.47. The van der Waals surface area contributed by atoms with Crippen molar-refractivity contribution >= 4 is 22.4 Å². The van der Waals surface area contributed by atoms with Gasteiger partial charge in [-0.3, -0.25) is 10.1 Å². The number of carbonyl (C=O) groups excluding carboxylic acids is 1. The number of nitrogens with zero attached hydrogens (tertiary/aromatic N) is 2. The molecule has 110 valence electrons. The predicted octanol–water partition coefficient (Wildman–Crippen LogP) is 2.52. The van der Waals surface area contributed by atoms with Crippen molar-refractivity contribution in [2.45, 2.75) is 64.0 Å². The summed E-state index contributed by atoms with van der Waals surface area (Å²) in [6.45, 7) is 4.16. The number of fused-ring (bicyclic) bond motifs is 1. The fourth-order valence-electron chi connectivity index (χ4n) is 3.23. The van der Waals surface area contributed by atoms with Gasteiger partial charge in [0.25, 0.3) is 0 Å². The van der Waals surface area contributed by atoms with Crippen LogP contribution in [0.2, 0.25) is 0 Å². The number of hydrogen-bond donors (Lipinski definition) is 2. The Balaban J connectivity index is 1.59. The van der Waals surface area contributed by atoms with Crippen LogP contribution in [-0.2, 0) is 4.79 Å². The zero-order valence-corrected chi connectivity index (χ0v) is 12.9. The number of aromatic nitrogens is 2. The predicted molar refractivity (Wildman–Crippen MR) is 79.9 cm³/mol. The van der Waals surface area contributed by atoms with Gasteiger partial charge in [-0.25, -0.2) is 0 Å². The molecule has 2 N–H and O–H groups in total. The molecule has 5 nitrogen and oxygen atoms in total. The molecular formula is C14H22N4OS. The van der Waals surface area contributed by atoms with Gasteiger partial charge >= 0.3 is 0 Å². The van der Waals surface area contributed by atoms with Gasteiger partial charge in [-0.15, -0.1) is 10.2 Å². The topological polar surface area (TPSA) is 66.9 Å². The smallest absolute Gasteiger partial charge is 0.243 e. The molecule has 6 heteroatoms. The van der Waals surface area contributed by atoms with Crippen LogP contribution in [0.5, 0.6) is 0 Å². The molecule has 1 saturated carbocycles. The van der Waals surface area contributed by atoms with Crippen LogP contribution < -0.4 is 10.6 Å². The fraction of sp³-hybridized carbons (Fsp3) is 0.786. The zero-order chi connectivity index (χ0) is 14.1. The van der Waals surface area contributed by atoms with E-state index in [1.54, 1.807) is 0 Å². The standard InChI is InChI=1S/C14H22N4OS/c1-8(2)13-17-18-14(20-13)16-12(19)11-7-9-5-3-4-6-10(9)15-11/h8-11,15H,3-7H2,1-2H3,(H,16,18,19). The quantitative estimate of drug-likeness (QED) is 0.899. The van der Waals surface area contributed by atoms with Crippen LogP contribution in [0, 0.1) is 5.92 Å². The van der Waals surface area contributed by atoms with Gasteiger partial charge in [0.05, 0.1) is 6.04 Å². The Kier molecular flexibility index (Phi) is 4.03. The van der Waals surface area contributed by atoms with Crippen molar-refractivity contribution in [3.8, 4) is 0 Å². The molecule has 20 heavy (non-hydrogen) atoms. The van der Waals surface area contributed by atoms with Gasteiger partial charge in [0.2, 0.25) is 11.0 Å². The third-order valence-corrected chi connectivity index (χ3v) is 5.48. The summed E-state index contributed by atoms with van der Waals surface area (Å²) in [6.07, 6.45) is 6.04. The summed E-state index contributed by atoms with van der Waals surface area (Å²) in [5.74, 6) is 1.08. The van der Waals surface area contributed by atoms with Crippen molar-refractivity contribution in [3.05, 3.63) is 5.01 Å². The van der Waals surface area contributed by atoms with Gasteiger partial charge in [0.1, 0.15) is 5.01 Å². The minimum atomic E-state index is -0.0606. The van der Waals surface area contributed by atoms with E-state index < -0.39 is 0 Å². The molecule has 1 aromatic heterocycles. The first kappa shape index (κ1) is 13.9. The Morgan fingerprint density at radius 2 is 2.15 bits per heavy atom. The van der Waals surface area contributed by atoms with Crippen molar-refractivity contribution in [2.75, 3.05) is 5.32 Å². The number of rotatable bonds is 3. The van der Waals surface area contributed by atoms with Crippen molar-refractivity contribution in [1.29, 1.82) is 0 Å². The van der Waals surface area contributed by atoms with Crippen molar-refractivity contribution in [3.63, 3.8) is 0 Å². The third-order valence-electron chi connectivity index (χ3n) is 4.34. The molecule has 0 radical (unpaired) electrons. The molecule has 3 atom stereocenters. The van der Waals surface area contributed by atoms with E-state index in [4.69, 9.17) is 0 Å². The summed E-state index contributed by atoms with van der Waals surface area (Å²) in [7, 11) is 0. The first-order valence-corrected chi connectivity index (χ1v) is 8.35. The van der Waals surface area contributed by atoms with Crippen LogP contribution in [-0.4, -0.2) is 28.2 Å². The normalized spacial score (nSPS) is 29.4. The highest BCUT2D eigenvalue weighted by atomic mass is 32.1. The van der Waals surface area contributed by atoms with Gasteiger partial charge in [0, 0.05) is 12.0 Å². The van der Waals surface area contributed by atoms with Gasteiger partial charge in [-0.05, 0) is 25.2 Å². The molecule has 1 aliphatic heterocycles. The van der Waals surface area contributed by atoms with Crippen LogP contribution >= 0.6 is 11.3 Å². The maximum absolute atomic E-state index is 12.3. The summed E-state index contributed by atoms with van der Waals surface area (Å²) in [4.78, 5) is 12.3. The lowest BCUT2D eigenvalue weighted by Gasteiger charge is -2.24. The first-order chi connectivity index (χ1) is 9.63. The van der Waals surface area contributed by atoms with E-state index in [0.717, 1.165) is 11.4 Å². The Morgan fingerprint density at radius 1 is 1.35 bits per heavy atom. The monoisotopic (exact) mass is 294 g/mol. The number of anilines is 1. The molecule has 1 saturated heterocycles. The fourth-order valence-corrected chi connectivity index (χ4v) is 3.98. The first-order valence-electron chi connectivity index (χ1n) is 7.54. The van der Waals surface area contributed by atoms with E-state index in [1.165, 1.54) is 37.0 Å². The average Bonchev–Trinajstić information content (AvgIpc) is 3.04. The van der Waals surface area contributed by atoms with Crippen LogP contribution in [0.4, 0.5) is 5.13 Å². The lowest BCUT2D eigenvalue weighted by atomic mass is 9.85. The SMILES string of the molecule is CC(C)c1nnc(NC(=O)C2CC3CCCCC3N2)s1. The molecule has 0 spiro atoms. The molecule has 3 unspecified atom stereocenters. The molecule has 2 aliphatic rings. The van der Waals surface area contributed by atoms with Crippen LogP contribution in [0.25, 0.3) is 0 Å². The van der Waals surface area contributed by atoms with E-state index >= 15 is 0 Å². The number of amides is 1. The molecule has 0 bridgehead atoms. The second-order valence-corrected chi connectivity index (χ2v) is 7.20. The minimum absolute atomic E-state index is 0.0471. The van der Waals surface area contributed by atoms with Crippen LogP contribution in [0.3, 0.4) is 0 Å². The molecule has 3 rings (SSSR count). The van der Waals surface area contributed by atoms with Crippen molar-refractivity contribution in [2.24, 2.45) is 5.92 Å². The summed E-state index contributed by atoms with van der Waals surface area (Å²) < 4.78 is 0. The van der Waals surface area contributed by atoms with E-state index in [1.807, 2.05) is 0 Å². The second-order valence-electron chi connectivity index (χ2n) is 6.20. The Bertz CT molecular complexity index is 473. The minimum Gasteiger partial charge on any atom is -0.303 e. The molecule has 1 aromatic rings. The summed E-state index contributed by atoms with van der Waals surface area (Å²) in [6, 6.07) is 0.481. The van der Waals surface area contributed by atoms with E-state index in [9.17, 15) is 4.79 Å². The zero-order valence-electron chi connectivity index (χ0n) is 12.1. The lowest BCUT2D eigenvalue weighted by molar-refractivity contribution is -0.117. The Hall–Kier alpha value is -1.01. The van der Waals surface area contributed by atoms with E-state index in [2.05, 4.69) is 34.7 Å². The lowest BCUT2D eigenvalue weighted by Crippen LogP contribution is -2.39. The molecule has 0 aromatic carbocycles. The van der Waals surface area contributed by atoms with E-state index in [-0.39, 0.29) is 11.9 Å². The van der Waals surface area contributed by atoms with Crippen LogP contribution in [0.1, 0.15) is 56.9 Å². The van der Waals surface area contributed by atoms with Gasteiger partial charge in [-0.2, -0.15) is 0 Å². The molecule has 2 heterocycles. The Morgan fingerprint density at radius 3 is 2.85 bits per heavy atom. The highest BCUT2D eigenvalue weighted by molar-refractivity contribution is 7.15. The number of nitrogens with one attached hydrogen (secondary N) is 2. The molecule has 1 amide bonds. The third kappa shape index (κ3) is 2.86. The van der Waals surface area contributed by atoms with Crippen molar-refractivity contribution in [1.82, 2.24) is 15.5 Å². The highest BCUT2D eigenvalue weighted by Crippen LogP contribution is 2.33. The molecule has 2 fully saturated rings. The van der Waals surface area contributed by atoms with Crippen molar-refractivity contribution < 1.29 is 4.79 Å². The summed E-state index contributed by atoms with van der Waals surface area (Å²) in [5.41, 5.74) is 0. The maximum atomic E-state index is 12.3. The van der Waals surface area contributed by atoms with E-state index in [0.29, 0.717) is 23.0 Å². The largest absolute Gasteiger partial charge is 0.303 e. The molecule has 1 aliphatic carbocycles. The average molecular weight is 294 g/mol. The van der Waals surface area contributed by atoms with Gasteiger partial charge < -0.3 is 5.32 Å². The van der Waals surface area contributed by atoms with Crippen LogP contribution in [0.15, 0.2) is 0 Å². The summed E-state index contributed by atoms with van der Waals surface area (Å²) in [5, 5.41) is 16.1. The van der Waals surface area contributed by atoms with Gasteiger partial charge in [-0.1, -0.05) is 38.0 Å². The number of carbonyl (C=O) groups is 1. The maximum Gasteiger partial charge on any atom is 0.243 e. The number of hydrogen-bond acceptors (Lipinski definition) is 5. The highest BCUT2D eigenvalue weighted by Gasteiger charge is 2.38. The van der Waals surface area contributed by atoms with Gasteiger partial charge in [0.15, 0.2) is 0 Å². The molecular weight excluding hydrogens is 272 g/mol. The second kappa shape index (κ2) is 5.77. The Labute approximate surface area is 123 Å².